The van der Waals surface area contributed by atoms with Crippen molar-refractivity contribution in [2.75, 3.05) is 6.61 Å². The van der Waals surface area contributed by atoms with Crippen LogP contribution in [0.2, 0.25) is 0 Å². The topological polar surface area (TPSA) is 92.5 Å². The van der Waals surface area contributed by atoms with E-state index in [4.69, 9.17) is 21.7 Å². The molecule has 0 aliphatic carbocycles. The van der Waals surface area contributed by atoms with Gasteiger partial charge in [-0.1, -0.05) is 6.92 Å². The lowest BCUT2D eigenvalue weighted by molar-refractivity contribution is 0.152. The lowest BCUT2D eigenvalue weighted by Crippen LogP contribution is -2.36. The Bertz CT molecular complexity index is 131. The van der Waals surface area contributed by atoms with Crippen LogP contribution in [-0.4, -0.2) is 35.0 Å². The van der Waals surface area contributed by atoms with E-state index in [1.54, 1.807) is 6.92 Å². The van der Waals surface area contributed by atoms with Gasteiger partial charge in [0.2, 0.25) is 0 Å². The second-order valence-electron chi connectivity index (χ2n) is 3.81. The molecular formula is C9H22N2O2. The molecule has 6 N–H and O–H groups in total. The molecule has 0 heterocycles. The molecule has 0 amide bonds. The summed E-state index contributed by atoms with van der Waals surface area (Å²) in [6, 6.07) is -0.244. The zero-order chi connectivity index (χ0) is 10.4. The van der Waals surface area contributed by atoms with Crippen molar-refractivity contribution in [3.8, 4) is 0 Å². The summed E-state index contributed by atoms with van der Waals surface area (Å²) in [6.45, 7) is 3.68. The molecule has 0 saturated heterocycles. The molecule has 4 atom stereocenters. The zero-order valence-electron chi connectivity index (χ0n) is 8.48. The third-order valence-corrected chi connectivity index (χ3v) is 2.47. The number of rotatable bonds is 6. The minimum absolute atomic E-state index is 0.0326. The van der Waals surface area contributed by atoms with E-state index in [0.29, 0.717) is 6.42 Å². The van der Waals surface area contributed by atoms with E-state index in [2.05, 4.69) is 0 Å². The van der Waals surface area contributed by atoms with Crippen LogP contribution in [-0.2, 0) is 0 Å². The van der Waals surface area contributed by atoms with E-state index in [0.717, 1.165) is 6.42 Å². The Kier molecular flexibility index (Phi) is 6.24. The highest BCUT2D eigenvalue weighted by molar-refractivity contribution is 4.74. The molecule has 13 heavy (non-hydrogen) atoms. The second-order valence-corrected chi connectivity index (χ2v) is 3.81. The van der Waals surface area contributed by atoms with E-state index in [1.807, 2.05) is 6.92 Å². The summed E-state index contributed by atoms with van der Waals surface area (Å²) in [6.07, 6.45) is 0.952. The Labute approximate surface area is 79.9 Å². The summed E-state index contributed by atoms with van der Waals surface area (Å²) in [7, 11) is 0. The molecule has 0 aliphatic heterocycles. The van der Waals surface area contributed by atoms with E-state index in [1.165, 1.54) is 0 Å². The number of hydrogen-bond donors (Lipinski definition) is 4. The van der Waals surface area contributed by atoms with Crippen molar-refractivity contribution < 1.29 is 10.2 Å². The smallest absolute Gasteiger partial charge is 0.0662 e. The highest BCUT2D eigenvalue weighted by Gasteiger charge is 2.15. The maximum atomic E-state index is 9.11. The van der Waals surface area contributed by atoms with E-state index in [9.17, 15) is 0 Å². The maximum absolute atomic E-state index is 9.11. The van der Waals surface area contributed by atoms with Crippen molar-refractivity contribution in [3.63, 3.8) is 0 Å². The Morgan fingerprint density at radius 3 is 1.92 bits per heavy atom. The molecular weight excluding hydrogens is 168 g/mol. The fourth-order valence-corrected chi connectivity index (χ4v) is 1.05. The standard InChI is InChI=1S/C9H22N2O2/c1-6(5-12)8(10)3-4-9(11)7(2)13/h6-9,12-13H,3-5,10-11H2,1-2H3. The van der Waals surface area contributed by atoms with Gasteiger partial charge in [0.15, 0.2) is 0 Å². The molecule has 0 fully saturated rings. The van der Waals surface area contributed by atoms with Gasteiger partial charge in [0, 0.05) is 18.7 Å². The van der Waals surface area contributed by atoms with Crippen LogP contribution in [0.5, 0.6) is 0 Å². The lowest BCUT2D eigenvalue weighted by atomic mass is 9.96. The van der Waals surface area contributed by atoms with Crippen molar-refractivity contribution in [1.82, 2.24) is 0 Å². The third kappa shape index (κ3) is 5.21. The van der Waals surface area contributed by atoms with Gasteiger partial charge in [-0.05, 0) is 25.7 Å². The Hall–Kier alpha value is -0.160. The second kappa shape index (κ2) is 6.32. The van der Waals surface area contributed by atoms with Crippen LogP contribution in [0.4, 0.5) is 0 Å². The molecule has 4 heteroatoms. The first kappa shape index (κ1) is 12.8. The molecule has 0 rings (SSSR count). The van der Waals surface area contributed by atoms with Crippen molar-refractivity contribution in [3.05, 3.63) is 0 Å². The average Bonchev–Trinajstić information content (AvgIpc) is 2.11. The molecule has 80 valence electrons. The van der Waals surface area contributed by atoms with E-state index in [-0.39, 0.29) is 24.6 Å². The number of nitrogens with two attached hydrogens (primary N) is 2. The first-order chi connectivity index (χ1) is 5.99. The number of aliphatic hydroxyl groups excluding tert-OH is 2. The molecule has 0 saturated carbocycles. The molecule has 0 aromatic heterocycles. The minimum atomic E-state index is -0.489. The Balaban J connectivity index is 3.63. The molecule has 4 unspecified atom stereocenters. The van der Waals surface area contributed by atoms with Crippen molar-refractivity contribution in [2.24, 2.45) is 17.4 Å². The minimum Gasteiger partial charge on any atom is -0.396 e. The van der Waals surface area contributed by atoms with E-state index < -0.39 is 6.10 Å². The molecule has 0 aromatic carbocycles. The first-order valence-corrected chi connectivity index (χ1v) is 4.79. The largest absolute Gasteiger partial charge is 0.396 e. The SMILES string of the molecule is CC(O)C(N)CCC(N)C(C)CO. The third-order valence-electron chi connectivity index (χ3n) is 2.47. The quantitative estimate of drug-likeness (QED) is 0.451. The van der Waals surface area contributed by atoms with Gasteiger partial charge in [0.1, 0.15) is 0 Å². The van der Waals surface area contributed by atoms with Gasteiger partial charge in [-0.15, -0.1) is 0 Å². The lowest BCUT2D eigenvalue weighted by Gasteiger charge is -2.20. The molecule has 4 nitrogen and oxygen atoms in total. The van der Waals surface area contributed by atoms with Crippen molar-refractivity contribution >= 4 is 0 Å². The van der Waals surface area contributed by atoms with Crippen LogP contribution >= 0.6 is 0 Å². The summed E-state index contributed by atoms with van der Waals surface area (Å²) < 4.78 is 0. The number of hydrogen-bond acceptors (Lipinski definition) is 4. The van der Waals surface area contributed by atoms with Crippen LogP contribution in [0.1, 0.15) is 26.7 Å². The van der Waals surface area contributed by atoms with Gasteiger partial charge in [-0.2, -0.15) is 0 Å². The van der Waals surface area contributed by atoms with Crippen LogP contribution < -0.4 is 11.5 Å². The van der Waals surface area contributed by atoms with Crippen LogP contribution in [0.3, 0.4) is 0 Å². The predicted octanol–water partition coefficient (Wildman–Crippen LogP) is -0.570. The normalized spacial score (nSPS) is 20.8. The van der Waals surface area contributed by atoms with Gasteiger partial charge in [0.25, 0.3) is 0 Å². The molecule has 0 aliphatic rings. The van der Waals surface area contributed by atoms with Crippen molar-refractivity contribution in [2.45, 2.75) is 44.9 Å². The van der Waals surface area contributed by atoms with Gasteiger partial charge in [-0.3, -0.25) is 0 Å². The molecule has 0 radical (unpaired) electrons. The highest BCUT2D eigenvalue weighted by atomic mass is 16.3. The molecule has 0 spiro atoms. The van der Waals surface area contributed by atoms with Gasteiger partial charge in [0.05, 0.1) is 6.10 Å². The first-order valence-electron chi connectivity index (χ1n) is 4.79. The monoisotopic (exact) mass is 190 g/mol. The van der Waals surface area contributed by atoms with Crippen LogP contribution in [0.25, 0.3) is 0 Å². The zero-order valence-corrected chi connectivity index (χ0v) is 8.48. The fraction of sp³-hybridized carbons (Fsp3) is 1.00. The summed E-state index contributed by atoms with van der Waals surface area (Å²) in [4.78, 5) is 0. The summed E-state index contributed by atoms with van der Waals surface area (Å²) in [5.74, 6) is 0.0983. The predicted molar refractivity (Wildman–Crippen MR) is 53.1 cm³/mol. The van der Waals surface area contributed by atoms with Gasteiger partial charge in [-0.25, -0.2) is 0 Å². The maximum Gasteiger partial charge on any atom is 0.0662 e. The highest BCUT2D eigenvalue weighted by Crippen LogP contribution is 2.08. The summed E-state index contributed by atoms with van der Waals surface area (Å²) >= 11 is 0. The molecule has 0 aromatic rings. The van der Waals surface area contributed by atoms with Crippen molar-refractivity contribution in [1.29, 1.82) is 0 Å². The van der Waals surface area contributed by atoms with Crippen LogP contribution in [0.15, 0.2) is 0 Å². The summed E-state index contributed by atoms with van der Waals surface area (Å²) in [5, 5.41) is 17.9. The average molecular weight is 190 g/mol. The van der Waals surface area contributed by atoms with Gasteiger partial charge >= 0.3 is 0 Å². The Morgan fingerprint density at radius 1 is 1.08 bits per heavy atom. The molecule has 0 bridgehead atoms. The van der Waals surface area contributed by atoms with E-state index >= 15 is 0 Å². The summed E-state index contributed by atoms with van der Waals surface area (Å²) in [5.41, 5.74) is 11.4. The fourth-order valence-electron chi connectivity index (χ4n) is 1.05. The Morgan fingerprint density at radius 2 is 1.54 bits per heavy atom. The van der Waals surface area contributed by atoms with Gasteiger partial charge < -0.3 is 21.7 Å². The van der Waals surface area contributed by atoms with Crippen LogP contribution in [0, 0.1) is 5.92 Å². The number of aliphatic hydroxyl groups is 2.